The molecule has 1 saturated carbocycles. The van der Waals surface area contributed by atoms with Gasteiger partial charge in [-0.05, 0) is 42.9 Å². The van der Waals surface area contributed by atoms with E-state index in [0.717, 1.165) is 31.7 Å². The van der Waals surface area contributed by atoms with Gasteiger partial charge in [0.2, 0.25) is 5.91 Å². The van der Waals surface area contributed by atoms with Gasteiger partial charge in [0.05, 0.1) is 16.3 Å². The maximum Gasteiger partial charge on any atom is 0.418 e. The Morgan fingerprint density at radius 2 is 1.97 bits per heavy atom. The zero-order chi connectivity index (χ0) is 22.0. The number of amides is 1. The molecule has 0 aromatic heterocycles. The van der Waals surface area contributed by atoms with Crippen molar-refractivity contribution in [1.29, 1.82) is 0 Å². The Bertz CT molecular complexity index is 888. The highest BCUT2D eigenvalue weighted by molar-refractivity contribution is 6.34. The SMILES string of the molecule is O=C(CCC1CCCC1)Nc1c(Cl)cc(N2CCC3C=CCC=C3C2)cc1C(F)(F)F. The molecular formula is C24H28ClF3N2O. The Balaban J connectivity index is 1.52. The molecule has 168 valence electrons. The van der Waals surface area contributed by atoms with Crippen LogP contribution >= 0.6 is 11.6 Å². The zero-order valence-corrected chi connectivity index (χ0v) is 18.2. The first-order valence-electron chi connectivity index (χ1n) is 11.1. The second kappa shape index (κ2) is 9.27. The van der Waals surface area contributed by atoms with E-state index in [9.17, 15) is 18.0 Å². The van der Waals surface area contributed by atoms with Crippen LogP contribution in [0.5, 0.6) is 0 Å². The molecule has 0 radical (unpaired) electrons. The quantitative estimate of drug-likeness (QED) is 0.489. The third-order valence-electron chi connectivity index (χ3n) is 6.71. The number of rotatable bonds is 5. The standard InChI is InChI=1S/C24H28ClF3N2O/c25-21-14-19(30-12-11-17-7-3-4-8-18(17)15-30)13-20(24(26,27)28)23(21)29-22(31)10-9-16-5-1-2-6-16/h3,7-8,13-14,16-17H,1-2,4-6,9-12,15H2,(H,29,31). The molecule has 1 aromatic carbocycles. The normalized spacial score (nSPS) is 21.7. The number of fused-ring (bicyclic) bond motifs is 1. The van der Waals surface area contributed by atoms with Crippen molar-refractivity contribution in [2.75, 3.05) is 23.3 Å². The van der Waals surface area contributed by atoms with E-state index in [2.05, 4.69) is 23.5 Å². The Labute approximate surface area is 186 Å². The molecule has 0 spiro atoms. The summed E-state index contributed by atoms with van der Waals surface area (Å²) < 4.78 is 41.6. The highest BCUT2D eigenvalue weighted by atomic mass is 35.5. The number of allylic oxidation sites excluding steroid dienone is 3. The van der Waals surface area contributed by atoms with E-state index in [-0.39, 0.29) is 17.1 Å². The first kappa shape index (κ1) is 22.3. The van der Waals surface area contributed by atoms with Gasteiger partial charge in [-0.1, -0.05) is 55.5 Å². The number of benzene rings is 1. The van der Waals surface area contributed by atoms with Crippen LogP contribution in [-0.4, -0.2) is 19.0 Å². The van der Waals surface area contributed by atoms with Gasteiger partial charge >= 0.3 is 6.18 Å². The third-order valence-corrected chi connectivity index (χ3v) is 7.01. The number of hydrogen-bond donors (Lipinski definition) is 1. The molecule has 1 aliphatic heterocycles. The van der Waals surface area contributed by atoms with E-state index in [4.69, 9.17) is 11.6 Å². The van der Waals surface area contributed by atoms with E-state index in [1.807, 2.05) is 4.90 Å². The van der Waals surface area contributed by atoms with Crippen LogP contribution in [0.15, 0.2) is 35.9 Å². The Morgan fingerprint density at radius 3 is 2.71 bits per heavy atom. The molecule has 2 fully saturated rings. The van der Waals surface area contributed by atoms with Crippen molar-refractivity contribution in [1.82, 2.24) is 0 Å². The number of nitrogens with zero attached hydrogens (tertiary/aromatic N) is 1. The van der Waals surface area contributed by atoms with Crippen molar-refractivity contribution in [3.8, 4) is 0 Å². The van der Waals surface area contributed by atoms with Crippen LogP contribution in [0.4, 0.5) is 24.5 Å². The minimum atomic E-state index is -4.61. The number of halogens is 4. The van der Waals surface area contributed by atoms with Gasteiger partial charge < -0.3 is 10.2 Å². The van der Waals surface area contributed by atoms with Crippen LogP contribution in [0.25, 0.3) is 0 Å². The summed E-state index contributed by atoms with van der Waals surface area (Å²) in [7, 11) is 0. The minimum Gasteiger partial charge on any atom is -0.367 e. The van der Waals surface area contributed by atoms with Crippen molar-refractivity contribution in [2.24, 2.45) is 11.8 Å². The molecule has 3 nitrogen and oxygen atoms in total. The number of carbonyl (C=O) groups excluding carboxylic acids is 1. The van der Waals surface area contributed by atoms with Crippen molar-refractivity contribution >= 4 is 28.9 Å². The van der Waals surface area contributed by atoms with Crippen molar-refractivity contribution in [3.05, 3.63) is 46.5 Å². The van der Waals surface area contributed by atoms with E-state index in [0.29, 0.717) is 37.0 Å². The van der Waals surface area contributed by atoms with Crippen molar-refractivity contribution in [3.63, 3.8) is 0 Å². The molecule has 1 atom stereocenters. The van der Waals surface area contributed by atoms with E-state index in [1.54, 1.807) is 6.07 Å². The summed E-state index contributed by atoms with van der Waals surface area (Å²) in [6.45, 7) is 1.25. The summed E-state index contributed by atoms with van der Waals surface area (Å²) in [4.78, 5) is 14.3. The number of carbonyl (C=O) groups is 1. The summed E-state index contributed by atoms with van der Waals surface area (Å²) in [5, 5.41) is 2.38. The predicted molar refractivity (Wildman–Crippen MR) is 118 cm³/mol. The van der Waals surface area contributed by atoms with Crippen LogP contribution in [-0.2, 0) is 11.0 Å². The molecule has 1 amide bonds. The fraction of sp³-hybridized carbons (Fsp3) is 0.542. The first-order chi connectivity index (χ1) is 14.8. The molecule has 31 heavy (non-hydrogen) atoms. The van der Waals surface area contributed by atoms with Gasteiger partial charge in [0.15, 0.2) is 0 Å². The van der Waals surface area contributed by atoms with Gasteiger partial charge in [0, 0.05) is 31.1 Å². The number of hydrogen-bond acceptors (Lipinski definition) is 2. The Hall–Kier alpha value is -1.95. The number of piperidine rings is 1. The summed E-state index contributed by atoms with van der Waals surface area (Å²) in [6, 6.07) is 2.67. The number of alkyl halides is 3. The fourth-order valence-electron chi connectivity index (χ4n) is 4.98. The number of nitrogens with one attached hydrogen (secondary N) is 1. The molecule has 7 heteroatoms. The lowest BCUT2D eigenvalue weighted by Gasteiger charge is -2.36. The monoisotopic (exact) mass is 452 g/mol. The fourth-order valence-corrected chi connectivity index (χ4v) is 5.24. The molecule has 1 saturated heterocycles. The topological polar surface area (TPSA) is 32.3 Å². The van der Waals surface area contributed by atoms with E-state index < -0.39 is 17.6 Å². The largest absolute Gasteiger partial charge is 0.418 e. The van der Waals surface area contributed by atoms with Gasteiger partial charge in [0.1, 0.15) is 0 Å². The molecule has 1 unspecified atom stereocenters. The highest BCUT2D eigenvalue weighted by Crippen LogP contribution is 2.43. The molecule has 3 aliphatic rings. The Morgan fingerprint density at radius 1 is 1.19 bits per heavy atom. The molecule has 0 bridgehead atoms. The smallest absolute Gasteiger partial charge is 0.367 e. The van der Waals surface area contributed by atoms with Gasteiger partial charge in [-0.2, -0.15) is 13.2 Å². The lowest BCUT2D eigenvalue weighted by atomic mass is 9.87. The maximum absolute atomic E-state index is 13.9. The van der Waals surface area contributed by atoms with E-state index in [1.165, 1.54) is 18.4 Å². The molecule has 1 aromatic rings. The molecule has 4 rings (SSSR count). The van der Waals surface area contributed by atoms with Gasteiger partial charge in [-0.15, -0.1) is 0 Å². The Kier molecular flexibility index (Phi) is 6.65. The predicted octanol–water partition coefficient (Wildman–Crippen LogP) is 6.98. The van der Waals surface area contributed by atoms with Crippen LogP contribution < -0.4 is 10.2 Å². The van der Waals surface area contributed by atoms with Gasteiger partial charge in [-0.25, -0.2) is 0 Å². The summed E-state index contributed by atoms with van der Waals surface area (Å²) in [5.74, 6) is 0.463. The molecule has 2 aliphatic carbocycles. The average molecular weight is 453 g/mol. The minimum absolute atomic E-state index is 0.0707. The lowest BCUT2D eigenvalue weighted by molar-refractivity contribution is -0.136. The second-order valence-electron chi connectivity index (χ2n) is 8.84. The first-order valence-corrected chi connectivity index (χ1v) is 11.5. The van der Waals surface area contributed by atoms with Crippen molar-refractivity contribution < 1.29 is 18.0 Å². The molecule has 1 heterocycles. The zero-order valence-electron chi connectivity index (χ0n) is 17.5. The summed E-state index contributed by atoms with van der Waals surface area (Å²) in [6.07, 6.45) is 9.04. The second-order valence-corrected chi connectivity index (χ2v) is 9.25. The van der Waals surface area contributed by atoms with Crippen LogP contribution in [0.3, 0.4) is 0 Å². The van der Waals surface area contributed by atoms with Crippen molar-refractivity contribution in [2.45, 2.75) is 57.5 Å². The van der Waals surface area contributed by atoms with E-state index >= 15 is 0 Å². The average Bonchev–Trinajstić information content (AvgIpc) is 3.26. The summed E-state index contributed by atoms with van der Waals surface area (Å²) >= 11 is 6.30. The maximum atomic E-state index is 13.9. The van der Waals surface area contributed by atoms with Gasteiger partial charge in [-0.3, -0.25) is 4.79 Å². The molecular weight excluding hydrogens is 425 g/mol. The van der Waals surface area contributed by atoms with Crippen LogP contribution in [0.2, 0.25) is 5.02 Å². The van der Waals surface area contributed by atoms with Crippen LogP contribution in [0, 0.1) is 11.8 Å². The molecule has 1 N–H and O–H groups in total. The number of anilines is 2. The lowest BCUT2D eigenvalue weighted by Crippen LogP contribution is -2.35. The summed E-state index contributed by atoms with van der Waals surface area (Å²) in [5.41, 5.74) is 0.464. The van der Waals surface area contributed by atoms with Crippen LogP contribution in [0.1, 0.15) is 56.9 Å². The highest BCUT2D eigenvalue weighted by Gasteiger charge is 2.36. The third kappa shape index (κ3) is 5.28. The van der Waals surface area contributed by atoms with Gasteiger partial charge in [0.25, 0.3) is 0 Å².